The number of aromatic nitrogens is 3. The Hall–Kier alpha value is -3.92. The number of pyridine rings is 1. The van der Waals surface area contributed by atoms with Crippen LogP contribution in [0.3, 0.4) is 0 Å². The molecule has 0 unspecified atom stereocenters. The summed E-state index contributed by atoms with van der Waals surface area (Å²) in [7, 11) is 0. The molecule has 5 aromatic rings. The molecule has 0 saturated heterocycles. The second kappa shape index (κ2) is 7.10. The first-order valence-corrected chi connectivity index (χ1v) is 10.4. The van der Waals surface area contributed by atoms with E-state index in [2.05, 4.69) is 57.1 Å². The number of fused-ring (bicyclic) bond motifs is 3. The molecule has 0 fully saturated rings. The van der Waals surface area contributed by atoms with Crippen LogP contribution in [0.25, 0.3) is 38.9 Å². The van der Waals surface area contributed by atoms with Gasteiger partial charge in [-0.15, -0.1) is 0 Å². The highest BCUT2D eigenvalue weighted by atomic mass is 19.1. The SMILES string of the molecule is Fc1ccc(-c2[nH]cc(C3=CCn4c(cc5ccccc54)C3)c2-c2ccncc2)cc1. The lowest BCUT2D eigenvalue weighted by atomic mass is 9.92. The van der Waals surface area contributed by atoms with Gasteiger partial charge in [-0.05, 0) is 70.6 Å². The Labute approximate surface area is 179 Å². The molecule has 31 heavy (non-hydrogen) atoms. The molecule has 0 radical (unpaired) electrons. The lowest BCUT2D eigenvalue weighted by Crippen LogP contribution is -2.08. The molecule has 3 nitrogen and oxygen atoms in total. The maximum atomic E-state index is 13.5. The number of hydrogen-bond acceptors (Lipinski definition) is 1. The summed E-state index contributed by atoms with van der Waals surface area (Å²) in [5.41, 5.74) is 9.27. The van der Waals surface area contributed by atoms with E-state index in [9.17, 15) is 4.39 Å². The largest absolute Gasteiger partial charge is 0.360 e. The fourth-order valence-electron chi connectivity index (χ4n) is 4.64. The van der Waals surface area contributed by atoms with E-state index in [1.54, 1.807) is 0 Å². The highest BCUT2D eigenvalue weighted by Gasteiger charge is 2.21. The Morgan fingerprint density at radius 1 is 0.903 bits per heavy atom. The molecule has 0 saturated carbocycles. The average molecular weight is 405 g/mol. The minimum atomic E-state index is -0.233. The molecular weight excluding hydrogens is 385 g/mol. The van der Waals surface area contributed by atoms with Gasteiger partial charge in [-0.1, -0.05) is 24.3 Å². The normalized spacial score (nSPS) is 13.3. The Kier molecular flexibility index (Phi) is 4.10. The third kappa shape index (κ3) is 2.99. The molecular formula is C27H20FN3. The summed E-state index contributed by atoms with van der Waals surface area (Å²) in [5.74, 6) is -0.233. The number of allylic oxidation sites excluding steroid dienone is 2. The van der Waals surface area contributed by atoms with Crippen LogP contribution in [0.15, 0.2) is 91.4 Å². The van der Waals surface area contributed by atoms with Crippen molar-refractivity contribution in [2.24, 2.45) is 0 Å². The van der Waals surface area contributed by atoms with Crippen LogP contribution in [0, 0.1) is 5.82 Å². The van der Waals surface area contributed by atoms with Crippen LogP contribution in [0.2, 0.25) is 0 Å². The molecule has 0 bridgehead atoms. The number of hydrogen-bond donors (Lipinski definition) is 1. The summed E-state index contributed by atoms with van der Waals surface area (Å²) in [6.45, 7) is 0.852. The van der Waals surface area contributed by atoms with Gasteiger partial charge in [-0.3, -0.25) is 4.98 Å². The fourth-order valence-corrected chi connectivity index (χ4v) is 4.64. The fraction of sp³-hybridized carbons (Fsp3) is 0.0741. The number of halogens is 1. The van der Waals surface area contributed by atoms with E-state index in [1.165, 1.54) is 39.9 Å². The van der Waals surface area contributed by atoms with Crippen LogP contribution in [0.1, 0.15) is 11.3 Å². The van der Waals surface area contributed by atoms with Gasteiger partial charge in [0.25, 0.3) is 0 Å². The first-order chi connectivity index (χ1) is 15.3. The summed E-state index contributed by atoms with van der Waals surface area (Å²) in [4.78, 5) is 7.65. The zero-order chi connectivity index (χ0) is 20.8. The predicted molar refractivity (Wildman–Crippen MR) is 123 cm³/mol. The molecule has 150 valence electrons. The number of benzene rings is 2. The number of para-hydroxylation sites is 1. The molecule has 0 amide bonds. The van der Waals surface area contributed by atoms with Gasteiger partial charge < -0.3 is 9.55 Å². The van der Waals surface area contributed by atoms with Crippen molar-refractivity contribution in [1.29, 1.82) is 0 Å². The Morgan fingerprint density at radius 2 is 1.71 bits per heavy atom. The van der Waals surface area contributed by atoms with Gasteiger partial charge in [0, 0.05) is 53.9 Å². The third-order valence-corrected chi connectivity index (χ3v) is 6.12. The smallest absolute Gasteiger partial charge is 0.123 e. The maximum absolute atomic E-state index is 13.5. The molecule has 4 heteroatoms. The summed E-state index contributed by atoms with van der Waals surface area (Å²) < 4.78 is 15.9. The molecule has 0 aliphatic carbocycles. The van der Waals surface area contributed by atoms with Gasteiger partial charge in [-0.25, -0.2) is 4.39 Å². The number of nitrogens with zero attached hydrogens (tertiary/aromatic N) is 2. The van der Waals surface area contributed by atoms with Crippen LogP contribution in [0.4, 0.5) is 4.39 Å². The van der Waals surface area contributed by atoms with Gasteiger partial charge in [0.05, 0.1) is 5.69 Å². The minimum absolute atomic E-state index is 0.233. The number of H-pyrrole nitrogens is 1. The van der Waals surface area contributed by atoms with Gasteiger partial charge in [0.2, 0.25) is 0 Å². The van der Waals surface area contributed by atoms with Crippen LogP contribution < -0.4 is 0 Å². The Bertz CT molecular complexity index is 1420. The van der Waals surface area contributed by atoms with E-state index in [4.69, 9.17) is 0 Å². The zero-order valence-corrected chi connectivity index (χ0v) is 16.8. The topological polar surface area (TPSA) is 33.6 Å². The first kappa shape index (κ1) is 17.9. The lowest BCUT2D eigenvalue weighted by Gasteiger charge is -2.18. The van der Waals surface area contributed by atoms with Gasteiger partial charge in [0.1, 0.15) is 5.82 Å². The molecule has 6 rings (SSSR count). The molecule has 4 heterocycles. The number of nitrogens with one attached hydrogen (secondary N) is 1. The average Bonchev–Trinajstić information content (AvgIpc) is 3.41. The molecule has 1 aliphatic rings. The van der Waals surface area contributed by atoms with Crippen molar-refractivity contribution in [2.75, 3.05) is 0 Å². The number of rotatable bonds is 3. The number of aromatic amines is 1. The summed E-state index contributed by atoms with van der Waals surface area (Å²) >= 11 is 0. The van der Waals surface area contributed by atoms with E-state index in [-0.39, 0.29) is 5.82 Å². The van der Waals surface area contributed by atoms with Gasteiger partial charge in [0.15, 0.2) is 0 Å². The van der Waals surface area contributed by atoms with Crippen molar-refractivity contribution in [1.82, 2.24) is 14.5 Å². The van der Waals surface area contributed by atoms with Crippen molar-refractivity contribution >= 4 is 16.5 Å². The quantitative estimate of drug-likeness (QED) is 0.366. The standard InChI is InChI=1S/C27H20FN3/c28-22-7-5-19(6-8-22)27-26(18-9-12-29-13-10-18)24(17-30-27)20-11-14-31-23(15-20)16-21-3-1-2-4-25(21)31/h1-13,16-17,30H,14-15H2. The maximum Gasteiger partial charge on any atom is 0.123 e. The molecule has 2 aromatic carbocycles. The predicted octanol–water partition coefficient (Wildman–Crippen LogP) is 6.48. The second-order valence-electron chi connectivity index (χ2n) is 7.91. The Balaban J connectivity index is 1.48. The summed E-state index contributed by atoms with van der Waals surface area (Å²) in [5, 5.41) is 1.28. The highest BCUT2D eigenvalue weighted by molar-refractivity contribution is 5.92. The van der Waals surface area contributed by atoms with Gasteiger partial charge in [-0.2, -0.15) is 0 Å². The molecule has 0 atom stereocenters. The Morgan fingerprint density at radius 3 is 2.55 bits per heavy atom. The minimum Gasteiger partial charge on any atom is -0.360 e. The van der Waals surface area contributed by atoms with Crippen LogP contribution in [-0.2, 0) is 13.0 Å². The highest BCUT2D eigenvalue weighted by Crippen LogP contribution is 2.40. The van der Waals surface area contributed by atoms with Crippen molar-refractivity contribution < 1.29 is 4.39 Å². The third-order valence-electron chi connectivity index (χ3n) is 6.12. The molecule has 3 aromatic heterocycles. The van der Waals surface area contributed by atoms with E-state index >= 15 is 0 Å². The van der Waals surface area contributed by atoms with Crippen LogP contribution >= 0.6 is 0 Å². The van der Waals surface area contributed by atoms with E-state index in [1.807, 2.05) is 36.7 Å². The first-order valence-electron chi connectivity index (χ1n) is 10.4. The van der Waals surface area contributed by atoms with E-state index < -0.39 is 0 Å². The lowest BCUT2D eigenvalue weighted by molar-refractivity contribution is 0.628. The zero-order valence-electron chi connectivity index (χ0n) is 16.8. The van der Waals surface area contributed by atoms with Crippen molar-refractivity contribution in [3.8, 4) is 22.4 Å². The monoisotopic (exact) mass is 405 g/mol. The van der Waals surface area contributed by atoms with Crippen molar-refractivity contribution in [3.05, 3.63) is 108 Å². The second-order valence-corrected chi connectivity index (χ2v) is 7.91. The van der Waals surface area contributed by atoms with Crippen molar-refractivity contribution in [2.45, 2.75) is 13.0 Å². The van der Waals surface area contributed by atoms with E-state index in [0.29, 0.717) is 0 Å². The van der Waals surface area contributed by atoms with Gasteiger partial charge >= 0.3 is 0 Å². The van der Waals surface area contributed by atoms with Crippen LogP contribution in [0.5, 0.6) is 0 Å². The summed E-state index contributed by atoms with van der Waals surface area (Å²) in [6.07, 6.45) is 8.90. The van der Waals surface area contributed by atoms with Crippen molar-refractivity contribution in [3.63, 3.8) is 0 Å². The van der Waals surface area contributed by atoms with E-state index in [0.717, 1.165) is 35.3 Å². The van der Waals surface area contributed by atoms with Crippen LogP contribution in [-0.4, -0.2) is 14.5 Å². The molecule has 1 aliphatic heterocycles. The molecule has 1 N–H and O–H groups in total. The summed E-state index contributed by atoms with van der Waals surface area (Å²) in [6, 6.07) is 21.5. The molecule has 0 spiro atoms.